The number of hydrogen-bond acceptors (Lipinski definition) is 8. The first-order valence-corrected chi connectivity index (χ1v) is 14.1. The van der Waals surface area contributed by atoms with Gasteiger partial charge in [0.1, 0.15) is 35.9 Å². The number of alkyl halides is 3. The van der Waals surface area contributed by atoms with Crippen molar-refractivity contribution in [1.29, 1.82) is 0 Å². The van der Waals surface area contributed by atoms with E-state index in [0.717, 1.165) is 31.0 Å². The highest BCUT2D eigenvalue weighted by molar-refractivity contribution is 5.95. The van der Waals surface area contributed by atoms with E-state index in [9.17, 15) is 37.4 Å². The maximum atomic E-state index is 14.7. The summed E-state index contributed by atoms with van der Waals surface area (Å²) >= 11 is 0. The van der Waals surface area contributed by atoms with Crippen LogP contribution in [0.25, 0.3) is 11.3 Å². The number of aliphatic hydroxyl groups excluding tert-OH is 1. The second-order valence-corrected chi connectivity index (χ2v) is 11.4. The number of benzene rings is 2. The van der Waals surface area contributed by atoms with Gasteiger partial charge in [0.15, 0.2) is 11.5 Å². The quantitative estimate of drug-likeness (QED) is 0.234. The summed E-state index contributed by atoms with van der Waals surface area (Å²) in [6, 6.07) is 9.53. The number of rotatable bonds is 11. The summed E-state index contributed by atoms with van der Waals surface area (Å²) in [5, 5.41) is 22.9. The average molecular weight is 634 g/mol. The van der Waals surface area contributed by atoms with Crippen LogP contribution in [0.4, 0.5) is 17.6 Å². The molecule has 0 spiro atoms. The average Bonchev–Trinajstić information content (AvgIpc) is 3.74. The molecular weight excluding hydrogens is 602 g/mol. The summed E-state index contributed by atoms with van der Waals surface area (Å²) < 4.78 is 74.7. The van der Waals surface area contributed by atoms with Crippen molar-refractivity contribution in [2.24, 2.45) is 5.73 Å². The van der Waals surface area contributed by atoms with E-state index < -0.39 is 53.2 Å². The predicted octanol–water partition coefficient (Wildman–Crippen LogP) is 3.50. The molecule has 5 N–H and O–H groups in total. The van der Waals surface area contributed by atoms with E-state index in [0.29, 0.717) is 0 Å². The molecule has 3 aromatic rings. The van der Waals surface area contributed by atoms with Gasteiger partial charge in [-0.2, -0.15) is 13.2 Å². The number of ether oxygens (including phenoxy) is 3. The molecule has 1 aromatic heterocycles. The Bertz CT molecular complexity index is 1610. The molecule has 0 bridgehead atoms. The Kier molecular flexibility index (Phi) is 8.40. The Hall–Kier alpha value is -4.43. The van der Waals surface area contributed by atoms with Gasteiger partial charge in [-0.3, -0.25) is 9.59 Å². The molecule has 10 nitrogen and oxygen atoms in total. The molecule has 1 fully saturated rings. The van der Waals surface area contributed by atoms with Gasteiger partial charge in [0.25, 0.3) is 5.91 Å². The number of pyridine rings is 1. The Balaban J connectivity index is 1.50. The van der Waals surface area contributed by atoms with Gasteiger partial charge >= 0.3 is 6.18 Å². The molecule has 1 aliphatic carbocycles. The molecule has 45 heavy (non-hydrogen) atoms. The van der Waals surface area contributed by atoms with Crippen molar-refractivity contribution in [3.8, 4) is 28.5 Å². The van der Waals surface area contributed by atoms with Gasteiger partial charge in [-0.15, -0.1) is 0 Å². The van der Waals surface area contributed by atoms with Gasteiger partial charge in [0.05, 0.1) is 24.4 Å². The van der Waals surface area contributed by atoms with Gasteiger partial charge < -0.3 is 35.5 Å². The van der Waals surface area contributed by atoms with Gasteiger partial charge in [-0.1, -0.05) is 0 Å². The number of nitrogens with zero attached hydrogens (tertiary/aromatic N) is 1. The number of aliphatic hydroxyl groups is 2. The molecule has 0 radical (unpaired) electrons. The number of fused-ring (bicyclic) bond motifs is 1. The highest BCUT2D eigenvalue weighted by Gasteiger charge is 2.57. The maximum absolute atomic E-state index is 14.7. The Morgan fingerprint density at radius 2 is 1.84 bits per heavy atom. The molecular formula is C31H31F4N3O7. The second-order valence-electron chi connectivity index (χ2n) is 11.4. The van der Waals surface area contributed by atoms with E-state index >= 15 is 0 Å². The van der Waals surface area contributed by atoms with Gasteiger partial charge in [0, 0.05) is 16.7 Å². The first kappa shape index (κ1) is 32.0. The van der Waals surface area contributed by atoms with Crippen molar-refractivity contribution >= 4 is 11.8 Å². The minimum atomic E-state index is -5.37. The Morgan fingerprint density at radius 1 is 1.16 bits per heavy atom. The van der Waals surface area contributed by atoms with Crippen molar-refractivity contribution in [2.45, 2.75) is 56.1 Å². The third-order valence-corrected chi connectivity index (χ3v) is 7.64. The normalized spacial score (nSPS) is 19.6. The number of carbonyl (C=O) groups is 2. The van der Waals surface area contributed by atoms with Gasteiger partial charge in [-0.25, -0.2) is 9.37 Å². The fraction of sp³-hybridized carbons (Fsp3) is 0.387. The summed E-state index contributed by atoms with van der Waals surface area (Å²) in [6.45, 7) is 1.17. The number of nitrogens with one attached hydrogen (secondary N) is 1. The number of hydrogen-bond donors (Lipinski definition) is 4. The van der Waals surface area contributed by atoms with Crippen molar-refractivity contribution in [3.63, 3.8) is 0 Å². The second kappa shape index (κ2) is 11.8. The molecule has 2 amide bonds. The van der Waals surface area contributed by atoms with Crippen LogP contribution < -0.4 is 25.3 Å². The van der Waals surface area contributed by atoms with Crippen molar-refractivity contribution in [1.82, 2.24) is 10.3 Å². The molecule has 3 atom stereocenters. The number of aromatic nitrogens is 1. The monoisotopic (exact) mass is 633 g/mol. The zero-order chi connectivity index (χ0) is 32.7. The summed E-state index contributed by atoms with van der Waals surface area (Å²) in [4.78, 5) is 29.6. The van der Waals surface area contributed by atoms with Crippen LogP contribution in [0, 0.1) is 5.82 Å². The minimum Gasteiger partial charge on any atom is -0.489 e. The highest BCUT2D eigenvalue weighted by Crippen LogP contribution is 2.47. The lowest BCUT2D eigenvalue weighted by Gasteiger charge is -2.31. The zero-order valence-corrected chi connectivity index (χ0v) is 24.3. The number of nitrogens with two attached hydrogens (primary N) is 1. The van der Waals surface area contributed by atoms with Crippen molar-refractivity contribution < 1.29 is 51.6 Å². The fourth-order valence-corrected chi connectivity index (χ4v) is 4.69. The van der Waals surface area contributed by atoms with E-state index in [1.807, 2.05) is 0 Å². The molecule has 1 saturated carbocycles. The lowest BCUT2D eigenvalue weighted by atomic mass is 9.81. The molecule has 240 valence electrons. The predicted molar refractivity (Wildman–Crippen MR) is 151 cm³/mol. The van der Waals surface area contributed by atoms with Crippen LogP contribution in [0.1, 0.15) is 48.3 Å². The van der Waals surface area contributed by atoms with Gasteiger partial charge in [0.2, 0.25) is 11.5 Å². The zero-order valence-electron chi connectivity index (χ0n) is 24.3. The van der Waals surface area contributed by atoms with Crippen LogP contribution in [0.5, 0.6) is 17.2 Å². The molecule has 2 aromatic carbocycles. The molecule has 2 aliphatic rings. The van der Waals surface area contributed by atoms with E-state index in [4.69, 9.17) is 19.9 Å². The van der Waals surface area contributed by atoms with Crippen LogP contribution in [-0.2, 0) is 15.8 Å². The van der Waals surface area contributed by atoms with Crippen molar-refractivity contribution in [3.05, 3.63) is 71.2 Å². The first-order valence-electron chi connectivity index (χ1n) is 14.1. The minimum absolute atomic E-state index is 0.0405. The lowest BCUT2D eigenvalue weighted by Crippen LogP contribution is -2.51. The summed E-state index contributed by atoms with van der Waals surface area (Å²) in [5.41, 5.74) is -0.839. The fourth-order valence-electron chi connectivity index (χ4n) is 4.69. The number of amides is 2. The Morgan fingerprint density at radius 3 is 2.44 bits per heavy atom. The molecule has 5 rings (SSSR count). The van der Waals surface area contributed by atoms with Gasteiger partial charge in [-0.05, 0) is 75.2 Å². The largest absolute Gasteiger partial charge is 0.489 e. The molecule has 0 saturated heterocycles. The first-order chi connectivity index (χ1) is 21.1. The molecule has 1 unspecified atom stereocenters. The van der Waals surface area contributed by atoms with E-state index in [1.54, 1.807) is 0 Å². The SMILES string of the molecule is C[C@@H](O)COc1ccc(C(=O)NCC(O)(c2cc3c(c(-c4ccc(F)cc4)n2)OC[C@]3(C)C(N)=O)C(F)(F)F)cc1OC1CC1. The molecule has 2 heterocycles. The van der Waals surface area contributed by atoms with E-state index in [-0.39, 0.29) is 59.0 Å². The van der Waals surface area contributed by atoms with E-state index in [1.165, 1.54) is 44.2 Å². The third kappa shape index (κ3) is 6.38. The summed E-state index contributed by atoms with van der Waals surface area (Å²) in [6.07, 6.45) is -4.71. The number of carbonyl (C=O) groups excluding carboxylic acids is 2. The summed E-state index contributed by atoms with van der Waals surface area (Å²) in [7, 11) is 0. The van der Waals surface area contributed by atoms with Crippen LogP contribution in [0.2, 0.25) is 0 Å². The highest BCUT2D eigenvalue weighted by atomic mass is 19.4. The van der Waals surface area contributed by atoms with Crippen LogP contribution in [0.3, 0.4) is 0 Å². The lowest BCUT2D eigenvalue weighted by molar-refractivity contribution is -0.265. The maximum Gasteiger partial charge on any atom is 0.424 e. The smallest absolute Gasteiger partial charge is 0.424 e. The molecule has 14 heteroatoms. The number of primary amides is 1. The standard InChI is InChI=1S/C31H31F4N3O7/c1-16(39)13-43-22-10-5-18(11-23(22)45-20-8-9-20)27(40)37-14-30(42,31(33,34)35)24-12-21-26(44-15-29(21,2)28(36)41)25(38-24)17-3-6-19(32)7-4-17/h3-7,10-12,16,20,39,42H,8-9,13-15H2,1-2H3,(H2,36,41)(H,37,40)/t16-,29+,30?/m1/s1. The third-order valence-electron chi connectivity index (χ3n) is 7.64. The summed E-state index contributed by atoms with van der Waals surface area (Å²) in [5.74, 6) is -2.10. The number of halogens is 4. The van der Waals surface area contributed by atoms with Crippen molar-refractivity contribution in [2.75, 3.05) is 19.8 Å². The van der Waals surface area contributed by atoms with Crippen LogP contribution in [-0.4, -0.2) is 65.2 Å². The van der Waals surface area contributed by atoms with E-state index in [2.05, 4.69) is 10.3 Å². The Labute approximate surface area is 255 Å². The van der Waals surface area contributed by atoms with Crippen LogP contribution in [0.15, 0.2) is 48.5 Å². The topological polar surface area (TPSA) is 153 Å². The molecule has 1 aliphatic heterocycles. The van der Waals surface area contributed by atoms with Crippen LogP contribution >= 0.6 is 0 Å².